The molecule has 1 amide bonds. The van der Waals surface area contributed by atoms with Gasteiger partial charge in [-0.2, -0.15) is 0 Å². The molecule has 2 heterocycles. The van der Waals surface area contributed by atoms with Gasteiger partial charge in [-0.25, -0.2) is 23.4 Å². The predicted octanol–water partition coefficient (Wildman–Crippen LogP) is 2.40. The van der Waals surface area contributed by atoms with Gasteiger partial charge in [0.25, 0.3) is 5.91 Å². The van der Waals surface area contributed by atoms with Gasteiger partial charge in [0.1, 0.15) is 5.75 Å². The number of anilines is 1. The van der Waals surface area contributed by atoms with E-state index < -0.39 is 20.9 Å². The van der Waals surface area contributed by atoms with Gasteiger partial charge in [-0.05, 0) is 18.2 Å². The van der Waals surface area contributed by atoms with Gasteiger partial charge in [-0.1, -0.05) is 22.9 Å². The van der Waals surface area contributed by atoms with E-state index in [0.29, 0.717) is 16.4 Å². The molecule has 0 unspecified atom stereocenters. The molecular formula is C14H11ClN4O4S2. The second kappa shape index (κ2) is 6.54. The van der Waals surface area contributed by atoms with E-state index in [9.17, 15) is 13.2 Å². The van der Waals surface area contributed by atoms with Crippen LogP contribution < -0.4 is 10.1 Å². The number of amides is 1. The second-order valence-corrected chi connectivity index (χ2v) is 8.28. The number of halogens is 1. The molecule has 130 valence electrons. The highest BCUT2D eigenvalue weighted by molar-refractivity contribution is 7.90. The molecule has 0 atom stereocenters. The summed E-state index contributed by atoms with van der Waals surface area (Å²) in [5.74, 6) is -0.00557. The number of methoxy groups -OCH3 is 1. The Balaban J connectivity index is 1.92. The summed E-state index contributed by atoms with van der Waals surface area (Å²) in [7, 11) is -2.11. The maximum Gasteiger partial charge on any atom is 0.277 e. The van der Waals surface area contributed by atoms with Crippen molar-refractivity contribution in [2.75, 3.05) is 18.7 Å². The molecule has 25 heavy (non-hydrogen) atoms. The van der Waals surface area contributed by atoms with Gasteiger partial charge >= 0.3 is 0 Å². The number of aromatic nitrogens is 3. The van der Waals surface area contributed by atoms with Crippen LogP contribution in [0.3, 0.4) is 0 Å². The molecule has 2 aromatic heterocycles. The Morgan fingerprint density at radius 1 is 1.32 bits per heavy atom. The molecule has 0 saturated carbocycles. The number of carbonyl (C=O) groups excluding carboxylic acids is 1. The van der Waals surface area contributed by atoms with Crippen molar-refractivity contribution in [2.24, 2.45) is 0 Å². The quantitative estimate of drug-likeness (QED) is 0.671. The molecular weight excluding hydrogens is 388 g/mol. The Bertz CT molecular complexity index is 1080. The summed E-state index contributed by atoms with van der Waals surface area (Å²) in [5, 5.41) is 2.35. The van der Waals surface area contributed by atoms with Gasteiger partial charge in [0, 0.05) is 6.26 Å². The molecule has 8 nitrogen and oxygen atoms in total. The van der Waals surface area contributed by atoms with Crippen LogP contribution in [0.4, 0.5) is 5.13 Å². The second-order valence-electron chi connectivity index (χ2n) is 4.93. The third-order valence-corrected chi connectivity index (χ3v) is 5.15. The van der Waals surface area contributed by atoms with E-state index in [1.54, 1.807) is 25.3 Å². The third-order valence-electron chi connectivity index (χ3n) is 3.08. The fourth-order valence-corrected chi connectivity index (χ4v) is 3.50. The number of sulfone groups is 1. The molecule has 11 heteroatoms. The zero-order valence-corrected chi connectivity index (χ0v) is 15.4. The highest BCUT2D eigenvalue weighted by Gasteiger charge is 2.20. The van der Waals surface area contributed by atoms with Gasteiger partial charge in [-0.3, -0.25) is 10.1 Å². The first-order valence-corrected chi connectivity index (χ1v) is 9.85. The fraction of sp³-hybridized carbons (Fsp3) is 0.143. The SMILES string of the molecule is COc1ccc2nc(NC(=O)c3nc(S(C)(=O)=O)ncc3Cl)sc2c1. The summed E-state index contributed by atoms with van der Waals surface area (Å²) < 4.78 is 29.0. The molecule has 0 spiro atoms. The van der Waals surface area contributed by atoms with Crippen molar-refractivity contribution in [1.29, 1.82) is 0 Å². The molecule has 0 aliphatic carbocycles. The van der Waals surface area contributed by atoms with Gasteiger partial charge in [0.15, 0.2) is 10.8 Å². The zero-order chi connectivity index (χ0) is 18.2. The van der Waals surface area contributed by atoms with Crippen LogP contribution in [0.2, 0.25) is 5.02 Å². The van der Waals surface area contributed by atoms with Crippen molar-refractivity contribution in [2.45, 2.75) is 5.16 Å². The molecule has 0 radical (unpaired) electrons. The Labute approximate surface area is 151 Å². The average Bonchev–Trinajstić information content (AvgIpc) is 2.95. The summed E-state index contributed by atoms with van der Waals surface area (Å²) >= 11 is 7.15. The van der Waals surface area contributed by atoms with Gasteiger partial charge in [0.05, 0.1) is 28.5 Å². The molecule has 0 saturated heterocycles. The van der Waals surface area contributed by atoms with Crippen LogP contribution in [0.25, 0.3) is 10.2 Å². The highest BCUT2D eigenvalue weighted by atomic mass is 35.5. The normalized spacial score (nSPS) is 11.5. The summed E-state index contributed by atoms with van der Waals surface area (Å²) in [6.45, 7) is 0. The number of nitrogens with one attached hydrogen (secondary N) is 1. The molecule has 0 aliphatic heterocycles. The van der Waals surface area contributed by atoms with E-state index >= 15 is 0 Å². The van der Waals surface area contributed by atoms with Crippen molar-refractivity contribution in [3.63, 3.8) is 0 Å². The minimum absolute atomic E-state index is 0.0623. The molecule has 1 aromatic carbocycles. The minimum Gasteiger partial charge on any atom is -0.497 e. The summed E-state index contributed by atoms with van der Waals surface area (Å²) in [5.41, 5.74) is 0.445. The topological polar surface area (TPSA) is 111 Å². The van der Waals surface area contributed by atoms with Gasteiger partial charge in [0.2, 0.25) is 15.0 Å². The molecule has 3 rings (SSSR count). The van der Waals surface area contributed by atoms with E-state index in [2.05, 4.69) is 20.3 Å². The van der Waals surface area contributed by atoms with Crippen LogP contribution in [-0.2, 0) is 9.84 Å². The molecule has 0 aliphatic rings. The van der Waals surface area contributed by atoms with E-state index in [1.807, 2.05) is 0 Å². The Hall–Kier alpha value is -2.30. The largest absolute Gasteiger partial charge is 0.497 e. The first-order chi connectivity index (χ1) is 11.8. The number of benzene rings is 1. The average molecular weight is 399 g/mol. The van der Waals surface area contributed by atoms with Crippen molar-refractivity contribution < 1.29 is 17.9 Å². The van der Waals surface area contributed by atoms with Crippen LogP contribution in [0.1, 0.15) is 10.5 Å². The number of carbonyl (C=O) groups is 1. The molecule has 0 bridgehead atoms. The number of thiazole rings is 1. The van der Waals surface area contributed by atoms with E-state index in [1.165, 1.54) is 11.3 Å². The Kier molecular flexibility index (Phi) is 4.58. The Morgan fingerprint density at radius 2 is 2.08 bits per heavy atom. The number of nitrogens with zero attached hydrogens (tertiary/aromatic N) is 3. The van der Waals surface area contributed by atoms with Crippen LogP contribution in [0, 0.1) is 0 Å². The number of hydrogen-bond donors (Lipinski definition) is 1. The first-order valence-electron chi connectivity index (χ1n) is 6.76. The van der Waals surface area contributed by atoms with Gasteiger partial charge < -0.3 is 4.74 Å². The predicted molar refractivity (Wildman–Crippen MR) is 94.3 cm³/mol. The lowest BCUT2D eigenvalue weighted by atomic mass is 10.3. The standard InChI is InChI=1S/C14H11ClN4O4S2/c1-23-7-3-4-9-10(5-7)24-13(17-9)19-12(20)11-8(15)6-16-14(18-11)25(2,21)22/h3-6H,1-2H3,(H,17,19,20). The Morgan fingerprint density at radius 3 is 2.76 bits per heavy atom. The van der Waals surface area contributed by atoms with Crippen LogP contribution in [0.5, 0.6) is 5.75 Å². The van der Waals surface area contributed by atoms with Crippen molar-refractivity contribution in [3.05, 3.63) is 35.1 Å². The lowest BCUT2D eigenvalue weighted by molar-refractivity contribution is 0.102. The van der Waals surface area contributed by atoms with Crippen LogP contribution in [-0.4, -0.2) is 42.6 Å². The zero-order valence-electron chi connectivity index (χ0n) is 13.0. The number of fused-ring (bicyclic) bond motifs is 1. The molecule has 0 fully saturated rings. The van der Waals surface area contributed by atoms with Crippen LogP contribution in [0.15, 0.2) is 29.6 Å². The van der Waals surface area contributed by atoms with Crippen molar-refractivity contribution in [1.82, 2.24) is 15.0 Å². The molecule has 1 N–H and O–H groups in total. The van der Waals surface area contributed by atoms with Crippen molar-refractivity contribution >= 4 is 54.0 Å². The van der Waals surface area contributed by atoms with Crippen molar-refractivity contribution in [3.8, 4) is 5.75 Å². The van der Waals surface area contributed by atoms with E-state index in [0.717, 1.165) is 17.2 Å². The number of hydrogen-bond acceptors (Lipinski definition) is 8. The molecule has 3 aromatic rings. The fourth-order valence-electron chi connectivity index (χ4n) is 1.93. The maximum absolute atomic E-state index is 12.4. The smallest absolute Gasteiger partial charge is 0.277 e. The highest BCUT2D eigenvalue weighted by Crippen LogP contribution is 2.29. The van der Waals surface area contributed by atoms with Crippen LogP contribution >= 0.6 is 22.9 Å². The maximum atomic E-state index is 12.4. The lowest BCUT2D eigenvalue weighted by Gasteiger charge is -2.04. The summed E-state index contributed by atoms with van der Waals surface area (Å²) in [6, 6.07) is 5.31. The lowest BCUT2D eigenvalue weighted by Crippen LogP contribution is -2.17. The summed E-state index contributed by atoms with van der Waals surface area (Å²) in [4.78, 5) is 24.0. The number of ether oxygens (including phenoxy) is 1. The summed E-state index contributed by atoms with van der Waals surface area (Å²) in [6.07, 6.45) is 2.02. The van der Waals surface area contributed by atoms with E-state index in [4.69, 9.17) is 16.3 Å². The third kappa shape index (κ3) is 3.70. The minimum atomic E-state index is -3.66. The van der Waals surface area contributed by atoms with Gasteiger partial charge in [-0.15, -0.1) is 0 Å². The monoisotopic (exact) mass is 398 g/mol. The van der Waals surface area contributed by atoms with E-state index in [-0.39, 0.29) is 10.7 Å². The first kappa shape index (κ1) is 17.5. The number of rotatable bonds is 4.